The van der Waals surface area contributed by atoms with Gasteiger partial charge in [0.25, 0.3) is 5.91 Å². The second-order valence-electron chi connectivity index (χ2n) is 6.00. The lowest BCUT2D eigenvalue weighted by Crippen LogP contribution is -2.27. The molecule has 8 heteroatoms. The molecule has 0 aliphatic rings. The molecule has 1 atom stereocenters. The Kier molecular flexibility index (Phi) is 6.69. The van der Waals surface area contributed by atoms with Gasteiger partial charge in [0.1, 0.15) is 0 Å². The minimum Gasteiger partial charge on any atom is -0.348 e. The van der Waals surface area contributed by atoms with E-state index in [1.807, 2.05) is 6.07 Å². The molecule has 1 amide bonds. The van der Waals surface area contributed by atoms with Gasteiger partial charge in [-0.2, -0.15) is 0 Å². The third-order valence-electron chi connectivity index (χ3n) is 3.73. The fourth-order valence-corrected chi connectivity index (χ4v) is 4.18. The lowest BCUT2D eigenvalue weighted by Gasteiger charge is -2.15. The van der Waals surface area contributed by atoms with Crippen LogP contribution < -0.4 is 5.32 Å². The second-order valence-corrected chi connectivity index (χ2v) is 9.55. The lowest BCUT2D eigenvalue weighted by atomic mass is 10.1. The summed E-state index contributed by atoms with van der Waals surface area (Å²) in [6.45, 7) is 0.0893. The summed E-state index contributed by atoms with van der Waals surface area (Å²) in [5.41, 5.74) is 1.77. The normalized spacial score (nSPS) is 12.8. The van der Waals surface area contributed by atoms with E-state index in [0.29, 0.717) is 16.9 Å². The van der Waals surface area contributed by atoms with E-state index in [2.05, 4.69) is 5.32 Å². The highest BCUT2D eigenvalue weighted by Crippen LogP contribution is 2.18. The first-order chi connectivity index (χ1) is 12.2. The van der Waals surface area contributed by atoms with E-state index in [0.717, 1.165) is 9.87 Å². The molecular formula is C18H22N2O4S2. The summed E-state index contributed by atoms with van der Waals surface area (Å²) in [4.78, 5) is 12.6. The maximum absolute atomic E-state index is 12.4. The van der Waals surface area contributed by atoms with Gasteiger partial charge in [0.05, 0.1) is 4.90 Å². The van der Waals surface area contributed by atoms with Gasteiger partial charge in [-0.25, -0.2) is 12.7 Å². The molecule has 0 bridgehead atoms. The molecule has 1 N–H and O–H groups in total. The van der Waals surface area contributed by atoms with Crippen molar-refractivity contribution in [2.75, 3.05) is 20.4 Å². The summed E-state index contributed by atoms with van der Waals surface area (Å²) >= 11 is 0. The number of hydrogen-bond acceptors (Lipinski definition) is 4. The van der Waals surface area contributed by atoms with Crippen molar-refractivity contribution >= 4 is 26.7 Å². The quantitative estimate of drug-likeness (QED) is 0.775. The van der Waals surface area contributed by atoms with Gasteiger partial charge < -0.3 is 5.32 Å². The van der Waals surface area contributed by atoms with E-state index < -0.39 is 20.8 Å². The Hall–Kier alpha value is -2.03. The van der Waals surface area contributed by atoms with Gasteiger partial charge in [0.15, 0.2) is 0 Å². The number of sulfonamides is 1. The molecule has 0 aliphatic heterocycles. The van der Waals surface area contributed by atoms with Crippen molar-refractivity contribution in [1.82, 2.24) is 9.62 Å². The molecule has 6 nitrogen and oxygen atoms in total. The smallest absolute Gasteiger partial charge is 0.251 e. The molecule has 0 radical (unpaired) electrons. The number of rotatable bonds is 7. The third-order valence-corrected chi connectivity index (χ3v) is 6.39. The number of carbonyl (C=O) groups excluding carboxylic acids is 1. The second kappa shape index (κ2) is 8.57. The van der Waals surface area contributed by atoms with Crippen molar-refractivity contribution in [2.45, 2.75) is 17.2 Å². The van der Waals surface area contributed by atoms with Crippen molar-refractivity contribution in [3.05, 3.63) is 65.2 Å². The zero-order valence-corrected chi connectivity index (χ0v) is 16.6. The fourth-order valence-electron chi connectivity index (χ4n) is 2.41. The number of hydrogen-bond donors (Lipinski definition) is 1. The van der Waals surface area contributed by atoms with Gasteiger partial charge in [-0.05, 0) is 29.3 Å². The molecule has 0 aromatic heterocycles. The van der Waals surface area contributed by atoms with Gasteiger partial charge in [-0.15, -0.1) is 0 Å². The Balaban J connectivity index is 2.17. The summed E-state index contributed by atoms with van der Waals surface area (Å²) in [5.74, 6) is 0.0659. The van der Waals surface area contributed by atoms with E-state index in [-0.39, 0.29) is 17.3 Å². The molecule has 2 aromatic rings. The topological polar surface area (TPSA) is 83.6 Å². The average molecular weight is 395 g/mol. The molecule has 2 rings (SSSR count). The molecule has 0 saturated heterocycles. The first kappa shape index (κ1) is 20.3. The Morgan fingerprint density at radius 2 is 1.81 bits per heavy atom. The van der Waals surface area contributed by atoms with E-state index >= 15 is 0 Å². The highest BCUT2D eigenvalue weighted by molar-refractivity contribution is 7.89. The van der Waals surface area contributed by atoms with E-state index in [1.165, 1.54) is 20.2 Å². The van der Waals surface area contributed by atoms with Crippen LogP contribution in [0, 0.1) is 0 Å². The summed E-state index contributed by atoms with van der Waals surface area (Å²) in [7, 11) is -1.65. The zero-order valence-electron chi connectivity index (χ0n) is 14.9. The molecule has 0 heterocycles. The molecule has 1 unspecified atom stereocenters. The number of nitrogens with one attached hydrogen (secondary N) is 1. The Bertz CT molecular complexity index is 924. The number of benzene rings is 2. The van der Waals surface area contributed by atoms with Crippen molar-refractivity contribution in [3.8, 4) is 0 Å². The minimum absolute atomic E-state index is 0.0893. The largest absolute Gasteiger partial charge is 0.348 e. The van der Waals surface area contributed by atoms with Crippen LogP contribution in [-0.4, -0.2) is 43.2 Å². The summed E-state index contributed by atoms with van der Waals surface area (Å²) in [5, 5.41) is 2.75. The summed E-state index contributed by atoms with van der Waals surface area (Å²) in [6, 6.07) is 13.5. The first-order valence-electron chi connectivity index (χ1n) is 7.89. The fraction of sp³-hybridized carbons (Fsp3) is 0.278. The van der Waals surface area contributed by atoms with Crippen LogP contribution in [0.25, 0.3) is 0 Å². The van der Waals surface area contributed by atoms with Crippen LogP contribution in [0.4, 0.5) is 0 Å². The molecule has 0 saturated carbocycles. The predicted octanol–water partition coefficient (Wildman–Crippen LogP) is 1.75. The van der Waals surface area contributed by atoms with Crippen LogP contribution >= 0.6 is 0 Å². The van der Waals surface area contributed by atoms with Gasteiger partial charge in [-0.1, -0.05) is 30.3 Å². The van der Waals surface area contributed by atoms with Crippen LogP contribution in [0.1, 0.15) is 21.5 Å². The number of carbonyl (C=O) groups is 1. The monoisotopic (exact) mass is 394 g/mol. The van der Waals surface area contributed by atoms with Gasteiger partial charge in [0.2, 0.25) is 10.0 Å². The van der Waals surface area contributed by atoms with Gasteiger partial charge in [-0.3, -0.25) is 9.00 Å². The highest BCUT2D eigenvalue weighted by Gasteiger charge is 2.20. The molecule has 0 fully saturated rings. The van der Waals surface area contributed by atoms with E-state index in [1.54, 1.807) is 42.7 Å². The van der Waals surface area contributed by atoms with E-state index in [4.69, 9.17) is 0 Å². The highest BCUT2D eigenvalue weighted by atomic mass is 32.2. The minimum atomic E-state index is -3.59. The summed E-state index contributed by atoms with van der Waals surface area (Å²) in [6.07, 6.45) is 1.61. The van der Waals surface area contributed by atoms with Crippen molar-refractivity contribution < 1.29 is 17.4 Å². The third kappa shape index (κ3) is 5.00. The zero-order chi connectivity index (χ0) is 19.3. The van der Waals surface area contributed by atoms with Crippen LogP contribution in [0.2, 0.25) is 0 Å². The molecular weight excluding hydrogens is 372 g/mol. The van der Waals surface area contributed by atoms with Crippen LogP contribution in [0.15, 0.2) is 53.4 Å². The number of nitrogens with zero attached hydrogens (tertiary/aromatic N) is 1. The lowest BCUT2D eigenvalue weighted by molar-refractivity contribution is 0.0950. The molecule has 26 heavy (non-hydrogen) atoms. The van der Waals surface area contributed by atoms with Gasteiger partial charge in [0, 0.05) is 49.0 Å². The Morgan fingerprint density at radius 1 is 1.12 bits per heavy atom. The van der Waals surface area contributed by atoms with Crippen molar-refractivity contribution in [3.63, 3.8) is 0 Å². The Morgan fingerprint density at radius 3 is 2.46 bits per heavy atom. The summed E-state index contributed by atoms with van der Waals surface area (Å²) < 4.78 is 37.3. The van der Waals surface area contributed by atoms with Crippen LogP contribution in [-0.2, 0) is 33.1 Å². The first-order valence-corrected chi connectivity index (χ1v) is 11.1. The SMILES string of the molecule is CN(C)S(=O)(=O)c1ccccc1CNC(=O)c1cccc(CS(C)=O)c1. The standard InChI is InChI=1S/C18H22N2O4S2/c1-20(2)26(23,24)17-10-5-4-8-16(17)12-19-18(21)15-9-6-7-14(11-15)13-25(3)22/h4-11H,12-13H2,1-3H3,(H,19,21). The molecule has 2 aromatic carbocycles. The molecule has 0 aliphatic carbocycles. The molecule has 140 valence electrons. The maximum Gasteiger partial charge on any atom is 0.251 e. The van der Waals surface area contributed by atoms with Crippen molar-refractivity contribution in [1.29, 1.82) is 0 Å². The van der Waals surface area contributed by atoms with E-state index in [9.17, 15) is 17.4 Å². The Labute approximate surface area is 156 Å². The van der Waals surface area contributed by atoms with Crippen molar-refractivity contribution in [2.24, 2.45) is 0 Å². The van der Waals surface area contributed by atoms with Gasteiger partial charge >= 0.3 is 0 Å². The number of amides is 1. The van der Waals surface area contributed by atoms with Crippen LogP contribution in [0.5, 0.6) is 0 Å². The predicted molar refractivity (Wildman–Crippen MR) is 103 cm³/mol. The maximum atomic E-state index is 12.4. The molecule has 0 spiro atoms. The average Bonchev–Trinajstić information content (AvgIpc) is 2.59. The van der Waals surface area contributed by atoms with Crippen LogP contribution in [0.3, 0.4) is 0 Å².